The van der Waals surface area contributed by atoms with Crippen LogP contribution in [0.3, 0.4) is 0 Å². The molecule has 3 unspecified atom stereocenters. The minimum Gasteiger partial charge on any atom is -0.381 e. The Bertz CT molecular complexity index is 424. The van der Waals surface area contributed by atoms with Gasteiger partial charge in [0.2, 0.25) is 11.7 Å². The molecule has 0 amide bonds. The summed E-state index contributed by atoms with van der Waals surface area (Å²) in [6, 6.07) is 0.317. The van der Waals surface area contributed by atoms with Crippen molar-refractivity contribution in [3.63, 3.8) is 0 Å². The summed E-state index contributed by atoms with van der Waals surface area (Å²) in [5.74, 6) is 1.37. The normalized spacial score (nSPS) is 26.4. The number of hydrogen-bond acceptors (Lipinski definition) is 6. The Morgan fingerprint density at radius 2 is 2.25 bits per heavy atom. The van der Waals surface area contributed by atoms with Crippen molar-refractivity contribution in [2.24, 2.45) is 0 Å². The maximum absolute atomic E-state index is 5.79. The quantitative estimate of drug-likeness (QED) is 0.859. The first kappa shape index (κ1) is 15.4. The van der Waals surface area contributed by atoms with Crippen molar-refractivity contribution in [2.75, 3.05) is 26.9 Å². The van der Waals surface area contributed by atoms with E-state index in [2.05, 4.69) is 22.4 Å². The second-order valence-electron chi connectivity index (χ2n) is 5.34. The maximum Gasteiger partial charge on any atom is 0.233 e. The van der Waals surface area contributed by atoms with Gasteiger partial charge in [-0.1, -0.05) is 12.1 Å². The Kier molecular flexibility index (Phi) is 5.12. The Morgan fingerprint density at radius 3 is 2.90 bits per heavy atom. The van der Waals surface area contributed by atoms with Gasteiger partial charge in [-0.15, -0.1) is 0 Å². The molecule has 1 aliphatic rings. The summed E-state index contributed by atoms with van der Waals surface area (Å²) in [6.07, 6.45) is 1.76. The molecule has 1 N–H and O–H groups in total. The molecule has 2 rings (SSSR count). The lowest BCUT2D eigenvalue weighted by Gasteiger charge is -2.28. The van der Waals surface area contributed by atoms with Gasteiger partial charge in [0.1, 0.15) is 5.60 Å². The van der Waals surface area contributed by atoms with Crippen LogP contribution in [-0.4, -0.2) is 43.1 Å². The van der Waals surface area contributed by atoms with Crippen molar-refractivity contribution in [2.45, 2.75) is 51.2 Å². The van der Waals surface area contributed by atoms with Crippen LogP contribution in [0.15, 0.2) is 4.52 Å². The zero-order valence-electron chi connectivity index (χ0n) is 12.8. The van der Waals surface area contributed by atoms with Gasteiger partial charge >= 0.3 is 0 Å². The molecule has 0 aliphatic carbocycles. The molecule has 1 fully saturated rings. The largest absolute Gasteiger partial charge is 0.381 e. The first-order valence-electron chi connectivity index (χ1n) is 7.37. The summed E-state index contributed by atoms with van der Waals surface area (Å²) in [7, 11) is 1.95. The van der Waals surface area contributed by atoms with Gasteiger partial charge in [0.05, 0.1) is 12.5 Å². The summed E-state index contributed by atoms with van der Waals surface area (Å²) < 4.78 is 16.8. The lowest BCUT2D eigenvalue weighted by atomic mass is 9.95. The first-order chi connectivity index (χ1) is 9.64. The van der Waals surface area contributed by atoms with Gasteiger partial charge in [-0.05, 0) is 33.7 Å². The van der Waals surface area contributed by atoms with E-state index in [-0.39, 0.29) is 5.92 Å². The fraction of sp³-hybridized carbons (Fsp3) is 0.857. The third kappa shape index (κ3) is 3.02. The molecule has 20 heavy (non-hydrogen) atoms. The highest BCUT2D eigenvalue weighted by molar-refractivity contribution is 5.05. The van der Waals surface area contributed by atoms with Crippen molar-refractivity contribution in [1.82, 2.24) is 15.5 Å². The van der Waals surface area contributed by atoms with E-state index in [9.17, 15) is 0 Å². The third-order valence-corrected chi connectivity index (χ3v) is 4.10. The van der Waals surface area contributed by atoms with E-state index >= 15 is 0 Å². The molecule has 0 aromatic carbocycles. The van der Waals surface area contributed by atoms with E-state index in [1.54, 1.807) is 0 Å². The Labute approximate surface area is 120 Å². The van der Waals surface area contributed by atoms with Crippen LogP contribution < -0.4 is 5.32 Å². The summed E-state index contributed by atoms with van der Waals surface area (Å²) >= 11 is 0. The maximum atomic E-state index is 5.79. The summed E-state index contributed by atoms with van der Waals surface area (Å²) in [5, 5.41) is 7.43. The molecule has 2 heterocycles. The van der Waals surface area contributed by atoms with Gasteiger partial charge in [-0.2, -0.15) is 4.98 Å². The molecule has 1 aliphatic heterocycles. The second-order valence-corrected chi connectivity index (χ2v) is 5.34. The predicted molar refractivity (Wildman–Crippen MR) is 74.6 cm³/mol. The van der Waals surface area contributed by atoms with Crippen LogP contribution in [-0.2, 0) is 15.1 Å². The van der Waals surface area contributed by atoms with Gasteiger partial charge in [0, 0.05) is 19.3 Å². The number of nitrogens with zero attached hydrogens (tertiary/aromatic N) is 2. The molecule has 1 aromatic heterocycles. The highest BCUT2D eigenvalue weighted by Crippen LogP contribution is 2.30. The smallest absolute Gasteiger partial charge is 0.233 e. The molecule has 3 atom stereocenters. The van der Waals surface area contributed by atoms with Crippen molar-refractivity contribution in [3.05, 3.63) is 11.7 Å². The van der Waals surface area contributed by atoms with Crippen LogP contribution in [0.1, 0.15) is 51.2 Å². The van der Waals surface area contributed by atoms with Crippen LogP contribution in [0, 0.1) is 0 Å². The monoisotopic (exact) mass is 283 g/mol. The number of rotatable bonds is 6. The molecule has 6 heteroatoms. The van der Waals surface area contributed by atoms with E-state index in [4.69, 9.17) is 14.0 Å². The molecular weight excluding hydrogens is 258 g/mol. The fourth-order valence-electron chi connectivity index (χ4n) is 2.57. The van der Waals surface area contributed by atoms with Crippen LogP contribution in [0.2, 0.25) is 0 Å². The van der Waals surface area contributed by atoms with Crippen molar-refractivity contribution in [1.29, 1.82) is 0 Å². The van der Waals surface area contributed by atoms with E-state index in [0.29, 0.717) is 31.0 Å². The Morgan fingerprint density at radius 1 is 1.45 bits per heavy atom. The molecule has 6 nitrogen and oxygen atoms in total. The molecule has 1 aromatic rings. The number of hydrogen-bond donors (Lipinski definition) is 1. The Hall–Kier alpha value is -0.980. The first-order valence-corrected chi connectivity index (χ1v) is 7.37. The predicted octanol–water partition coefficient (Wildman–Crippen LogP) is 1.82. The molecule has 1 saturated heterocycles. The van der Waals surface area contributed by atoms with Crippen molar-refractivity contribution in [3.8, 4) is 0 Å². The summed E-state index contributed by atoms with van der Waals surface area (Å²) in [4.78, 5) is 4.57. The van der Waals surface area contributed by atoms with Crippen LogP contribution in [0.4, 0.5) is 0 Å². The highest BCUT2D eigenvalue weighted by Gasteiger charge is 2.35. The molecule has 0 saturated carbocycles. The van der Waals surface area contributed by atoms with E-state index in [1.165, 1.54) is 0 Å². The van der Waals surface area contributed by atoms with Gasteiger partial charge < -0.3 is 19.3 Å². The number of nitrogens with one attached hydrogen (secondary N) is 1. The second kappa shape index (κ2) is 6.65. The van der Waals surface area contributed by atoms with Crippen molar-refractivity contribution >= 4 is 0 Å². The SMILES string of the molecule is CCOC(C)(CC)c1noc(C2COCCC2NC)n1. The fourth-order valence-corrected chi connectivity index (χ4v) is 2.57. The van der Waals surface area contributed by atoms with Gasteiger partial charge in [0.15, 0.2) is 0 Å². The van der Waals surface area contributed by atoms with Gasteiger partial charge in [-0.3, -0.25) is 0 Å². The summed E-state index contributed by atoms with van der Waals surface area (Å²) in [6.45, 7) is 8.05. The number of ether oxygens (including phenoxy) is 2. The highest BCUT2D eigenvalue weighted by atomic mass is 16.5. The minimum atomic E-state index is -0.485. The zero-order valence-corrected chi connectivity index (χ0v) is 12.8. The van der Waals surface area contributed by atoms with E-state index in [0.717, 1.165) is 19.4 Å². The molecule has 0 spiro atoms. The minimum absolute atomic E-state index is 0.109. The zero-order chi connectivity index (χ0) is 14.6. The summed E-state index contributed by atoms with van der Waals surface area (Å²) in [5.41, 5.74) is -0.485. The molecule has 0 radical (unpaired) electrons. The average Bonchev–Trinajstić information content (AvgIpc) is 2.97. The van der Waals surface area contributed by atoms with Gasteiger partial charge in [0.25, 0.3) is 0 Å². The van der Waals surface area contributed by atoms with Crippen LogP contribution in [0.25, 0.3) is 0 Å². The Balaban J connectivity index is 2.19. The number of aromatic nitrogens is 2. The standard InChI is InChI=1S/C14H25N3O3/c1-5-14(3,19-6-2)13-16-12(20-17-13)10-9-18-8-7-11(10)15-4/h10-11,15H,5-9H2,1-4H3. The van der Waals surface area contributed by atoms with Gasteiger partial charge in [-0.25, -0.2) is 0 Å². The lowest BCUT2D eigenvalue weighted by molar-refractivity contribution is -0.0403. The van der Waals surface area contributed by atoms with E-state index in [1.807, 2.05) is 20.9 Å². The van der Waals surface area contributed by atoms with Crippen LogP contribution >= 0.6 is 0 Å². The number of likely N-dealkylation sites (N-methyl/N-ethyl adjacent to an activating group) is 1. The molecule has 114 valence electrons. The average molecular weight is 283 g/mol. The van der Waals surface area contributed by atoms with Crippen molar-refractivity contribution < 1.29 is 14.0 Å². The molecule has 0 bridgehead atoms. The van der Waals surface area contributed by atoms with Crippen LogP contribution in [0.5, 0.6) is 0 Å². The third-order valence-electron chi connectivity index (χ3n) is 4.10. The molecular formula is C14H25N3O3. The van der Waals surface area contributed by atoms with E-state index < -0.39 is 5.60 Å². The lowest BCUT2D eigenvalue weighted by Crippen LogP contribution is -2.39. The topological polar surface area (TPSA) is 69.4 Å².